The molecule has 0 bridgehead atoms. The second kappa shape index (κ2) is 5.53. The molecule has 2 atom stereocenters. The van der Waals surface area contributed by atoms with E-state index in [9.17, 15) is 9.59 Å². The number of hydrogen-bond donors (Lipinski definition) is 1. The van der Waals surface area contributed by atoms with E-state index in [0.29, 0.717) is 6.42 Å². The Morgan fingerprint density at radius 1 is 1.23 bits per heavy atom. The van der Waals surface area contributed by atoms with Crippen LogP contribution in [-0.2, 0) is 19.1 Å². The molecule has 0 heterocycles. The van der Waals surface area contributed by atoms with E-state index in [2.05, 4.69) is 9.47 Å². The minimum Gasteiger partial charge on any atom is -0.469 e. The van der Waals surface area contributed by atoms with Crippen molar-refractivity contribution in [2.24, 2.45) is 11.7 Å². The van der Waals surface area contributed by atoms with Crippen LogP contribution in [0.2, 0.25) is 0 Å². The third-order valence-electron chi connectivity index (χ3n) is 1.85. The molecule has 0 aromatic heterocycles. The summed E-state index contributed by atoms with van der Waals surface area (Å²) in [7, 11) is 2.49. The van der Waals surface area contributed by atoms with Crippen molar-refractivity contribution in [3.8, 4) is 0 Å². The van der Waals surface area contributed by atoms with E-state index >= 15 is 0 Å². The van der Waals surface area contributed by atoms with Crippen LogP contribution in [0.3, 0.4) is 0 Å². The zero-order valence-electron chi connectivity index (χ0n) is 8.07. The van der Waals surface area contributed by atoms with Gasteiger partial charge in [0.1, 0.15) is 6.04 Å². The normalized spacial score (nSPS) is 14.5. The summed E-state index contributed by atoms with van der Waals surface area (Å²) in [6, 6.07) is -0.942. The van der Waals surface area contributed by atoms with Crippen LogP contribution in [0.1, 0.15) is 13.3 Å². The van der Waals surface area contributed by atoms with Crippen LogP contribution in [0.5, 0.6) is 0 Å². The first-order valence-corrected chi connectivity index (χ1v) is 3.99. The summed E-state index contributed by atoms with van der Waals surface area (Å²) >= 11 is 0. The first kappa shape index (κ1) is 11.9. The molecule has 0 aliphatic heterocycles. The summed E-state index contributed by atoms with van der Waals surface area (Å²) in [6.45, 7) is 1.75. The number of hydrogen-bond acceptors (Lipinski definition) is 5. The number of methoxy groups -OCH3 is 2. The molecular formula is C8H15NO4. The van der Waals surface area contributed by atoms with E-state index in [1.165, 1.54) is 14.2 Å². The smallest absolute Gasteiger partial charge is 0.323 e. The van der Waals surface area contributed by atoms with Crippen LogP contribution in [0.15, 0.2) is 0 Å². The number of carbonyl (C=O) groups excluding carboxylic acids is 2. The third-order valence-corrected chi connectivity index (χ3v) is 1.85. The summed E-state index contributed by atoms with van der Waals surface area (Å²) in [5, 5.41) is 0. The highest BCUT2D eigenvalue weighted by molar-refractivity contribution is 5.84. The number of esters is 2. The lowest BCUT2D eigenvalue weighted by Gasteiger charge is -2.17. The zero-order valence-corrected chi connectivity index (χ0v) is 8.07. The van der Waals surface area contributed by atoms with Gasteiger partial charge in [0.05, 0.1) is 20.1 Å². The van der Waals surface area contributed by atoms with Gasteiger partial charge in [-0.05, 0) is 6.42 Å². The molecule has 0 saturated carbocycles. The largest absolute Gasteiger partial charge is 0.469 e. The van der Waals surface area contributed by atoms with Crippen molar-refractivity contribution in [3.05, 3.63) is 0 Å². The molecule has 5 nitrogen and oxygen atoms in total. The van der Waals surface area contributed by atoms with E-state index < -0.39 is 23.9 Å². The molecule has 0 saturated heterocycles. The number of nitrogens with two attached hydrogens (primary N) is 1. The Balaban J connectivity index is 4.39. The van der Waals surface area contributed by atoms with Gasteiger partial charge in [-0.25, -0.2) is 0 Å². The second-order valence-corrected chi connectivity index (χ2v) is 2.59. The highest BCUT2D eigenvalue weighted by Gasteiger charge is 2.30. The Bertz CT molecular complexity index is 193. The molecular weight excluding hydrogens is 174 g/mol. The van der Waals surface area contributed by atoms with Crippen LogP contribution in [0.4, 0.5) is 0 Å². The molecule has 0 aromatic rings. The molecule has 5 heteroatoms. The first-order chi connectivity index (χ1) is 6.08. The molecule has 0 radical (unpaired) electrons. The Labute approximate surface area is 77.2 Å². The molecule has 2 N–H and O–H groups in total. The van der Waals surface area contributed by atoms with Crippen LogP contribution < -0.4 is 5.73 Å². The fourth-order valence-electron chi connectivity index (χ4n) is 1.02. The summed E-state index contributed by atoms with van der Waals surface area (Å²) in [5.41, 5.74) is 5.48. The lowest BCUT2D eigenvalue weighted by atomic mass is 9.98. The molecule has 0 aliphatic carbocycles. The third kappa shape index (κ3) is 3.02. The Morgan fingerprint density at radius 3 is 2.00 bits per heavy atom. The van der Waals surface area contributed by atoms with Crippen molar-refractivity contribution in [3.63, 3.8) is 0 Å². The number of carbonyl (C=O) groups is 2. The predicted molar refractivity (Wildman–Crippen MR) is 45.8 cm³/mol. The second-order valence-electron chi connectivity index (χ2n) is 2.59. The van der Waals surface area contributed by atoms with Gasteiger partial charge >= 0.3 is 11.9 Å². The maximum atomic E-state index is 11.1. The van der Waals surface area contributed by atoms with Crippen molar-refractivity contribution in [2.75, 3.05) is 14.2 Å². The van der Waals surface area contributed by atoms with Gasteiger partial charge in [0.15, 0.2) is 0 Å². The fraction of sp³-hybridized carbons (Fsp3) is 0.750. The van der Waals surface area contributed by atoms with Crippen LogP contribution in [-0.4, -0.2) is 32.2 Å². The number of ether oxygens (including phenoxy) is 2. The van der Waals surface area contributed by atoms with Gasteiger partial charge in [0.2, 0.25) is 0 Å². The Kier molecular flexibility index (Phi) is 5.06. The van der Waals surface area contributed by atoms with E-state index in [1.807, 2.05) is 0 Å². The topological polar surface area (TPSA) is 78.6 Å². The maximum Gasteiger partial charge on any atom is 0.323 e. The maximum absolute atomic E-state index is 11.1. The monoisotopic (exact) mass is 189 g/mol. The SMILES string of the molecule is CCC(C(=O)OC)[C@H](N)C(=O)OC. The number of rotatable bonds is 4. The van der Waals surface area contributed by atoms with Crippen LogP contribution in [0.25, 0.3) is 0 Å². The molecule has 0 amide bonds. The van der Waals surface area contributed by atoms with E-state index in [0.717, 1.165) is 0 Å². The molecule has 1 unspecified atom stereocenters. The minimum atomic E-state index is -0.942. The minimum absolute atomic E-state index is 0.447. The van der Waals surface area contributed by atoms with Crippen molar-refractivity contribution >= 4 is 11.9 Å². The molecule has 0 fully saturated rings. The van der Waals surface area contributed by atoms with Crippen LogP contribution in [0, 0.1) is 5.92 Å². The Morgan fingerprint density at radius 2 is 1.69 bits per heavy atom. The van der Waals surface area contributed by atoms with Crippen molar-refractivity contribution in [2.45, 2.75) is 19.4 Å². The molecule has 0 aromatic carbocycles. The molecule has 0 aliphatic rings. The van der Waals surface area contributed by atoms with Gasteiger partial charge in [-0.1, -0.05) is 6.92 Å². The summed E-state index contributed by atoms with van der Waals surface area (Å²) in [6.07, 6.45) is 0.447. The van der Waals surface area contributed by atoms with E-state index in [-0.39, 0.29) is 0 Å². The standard InChI is InChI=1S/C8H15NO4/c1-4-5(7(10)12-2)6(9)8(11)13-3/h5-6H,4,9H2,1-3H3/t5?,6-/m0/s1. The van der Waals surface area contributed by atoms with Gasteiger partial charge in [-0.15, -0.1) is 0 Å². The van der Waals surface area contributed by atoms with Crippen molar-refractivity contribution in [1.29, 1.82) is 0 Å². The molecule has 13 heavy (non-hydrogen) atoms. The van der Waals surface area contributed by atoms with E-state index in [4.69, 9.17) is 5.73 Å². The van der Waals surface area contributed by atoms with Crippen LogP contribution >= 0.6 is 0 Å². The molecule has 0 spiro atoms. The highest BCUT2D eigenvalue weighted by atomic mass is 16.5. The average molecular weight is 189 g/mol. The van der Waals surface area contributed by atoms with Gasteiger partial charge in [0.25, 0.3) is 0 Å². The fourth-order valence-corrected chi connectivity index (χ4v) is 1.02. The summed E-state index contributed by atoms with van der Waals surface area (Å²) in [5.74, 6) is -1.71. The predicted octanol–water partition coefficient (Wildman–Crippen LogP) is -0.314. The van der Waals surface area contributed by atoms with Crippen molar-refractivity contribution in [1.82, 2.24) is 0 Å². The molecule has 76 valence electrons. The Hall–Kier alpha value is -1.10. The average Bonchev–Trinajstić information content (AvgIpc) is 2.17. The lowest BCUT2D eigenvalue weighted by molar-refractivity contribution is -0.153. The van der Waals surface area contributed by atoms with Gasteiger partial charge in [-0.2, -0.15) is 0 Å². The lowest BCUT2D eigenvalue weighted by Crippen LogP contribution is -2.42. The highest BCUT2D eigenvalue weighted by Crippen LogP contribution is 2.10. The quantitative estimate of drug-likeness (QED) is 0.613. The van der Waals surface area contributed by atoms with Gasteiger partial charge < -0.3 is 15.2 Å². The molecule has 0 rings (SSSR count). The zero-order chi connectivity index (χ0) is 10.4. The first-order valence-electron chi connectivity index (χ1n) is 3.99. The van der Waals surface area contributed by atoms with E-state index in [1.54, 1.807) is 6.92 Å². The summed E-state index contributed by atoms with van der Waals surface area (Å²) in [4.78, 5) is 22.1. The van der Waals surface area contributed by atoms with Crippen molar-refractivity contribution < 1.29 is 19.1 Å². The van der Waals surface area contributed by atoms with Gasteiger partial charge in [0, 0.05) is 0 Å². The summed E-state index contributed by atoms with van der Waals surface area (Å²) < 4.78 is 8.91. The van der Waals surface area contributed by atoms with Gasteiger partial charge in [-0.3, -0.25) is 9.59 Å².